The summed E-state index contributed by atoms with van der Waals surface area (Å²) in [5.41, 5.74) is 0.104. The van der Waals surface area contributed by atoms with Gasteiger partial charge in [-0.3, -0.25) is 0 Å². The number of hydrogen-bond donors (Lipinski definition) is 1. The number of esters is 4. The number of ether oxygens (including phenoxy) is 4. The first-order valence-electron chi connectivity index (χ1n) is 15.1. The molecule has 4 bridgehead atoms. The minimum absolute atomic E-state index is 0.171. The molecule has 1 aliphatic heterocycles. The standard InChI is InChI=1S/C14H20O3.C11H18O2.C8H10O4/c1-9(2)12(15)17-14-6-10-3-11(7-14)5-13(16,4-10)8-14;1-4-11(7-5-6-8-11)13-10(12)9(2)3;1-5(2)7(9)12-6-3-4-11-8(6)10/h10-11,16H,1,3-8H2,2H3;2,4-8H2,1,3H3;6H,1,3-4H2,2H3. The first-order valence-corrected chi connectivity index (χ1v) is 15.1. The number of aliphatic hydroxyl groups is 1. The van der Waals surface area contributed by atoms with E-state index in [2.05, 4.69) is 31.4 Å². The first-order chi connectivity index (χ1) is 19.6. The molecule has 1 heterocycles. The van der Waals surface area contributed by atoms with Crippen molar-refractivity contribution >= 4 is 23.9 Å². The van der Waals surface area contributed by atoms with Crippen LogP contribution in [0.3, 0.4) is 0 Å². The topological polar surface area (TPSA) is 125 Å². The molecule has 6 aliphatic rings. The molecule has 5 aliphatic carbocycles. The molecule has 5 saturated carbocycles. The second-order valence-electron chi connectivity index (χ2n) is 13.1. The number of carbonyl (C=O) groups is 4. The number of cyclic esters (lactones) is 1. The fourth-order valence-electron chi connectivity index (χ4n) is 7.18. The van der Waals surface area contributed by atoms with Gasteiger partial charge in [-0.1, -0.05) is 26.7 Å². The highest BCUT2D eigenvalue weighted by Gasteiger charge is 2.59. The van der Waals surface area contributed by atoms with Crippen LogP contribution in [0.4, 0.5) is 0 Å². The lowest BCUT2D eigenvalue weighted by Crippen LogP contribution is -2.60. The maximum Gasteiger partial charge on any atom is 0.347 e. The first kappa shape index (κ1) is 33.6. The van der Waals surface area contributed by atoms with E-state index in [9.17, 15) is 24.3 Å². The highest BCUT2D eigenvalue weighted by molar-refractivity contribution is 5.90. The van der Waals surface area contributed by atoms with E-state index in [-0.39, 0.29) is 23.1 Å². The van der Waals surface area contributed by atoms with E-state index >= 15 is 0 Å². The number of hydrogen-bond acceptors (Lipinski definition) is 9. The van der Waals surface area contributed by atoms with Crippen molar-refractivity contribution in [1.82, 2.24) is 0 Å². The van der Waals surface area contributed by atoms with Crippen molar-refractivity contribution in [3.05, 3.63) is 36.5 Å². The third-order valence-electron chi connectivity index (χ3n) is 8.94. The molecule has 9 heteroatoms. The molecule has 3 unspecified atom stereocenters. The minimum Gasteiger partial charge on any atom is -0.463 e. The fraction of sp³-hybridized carbons (Fsp3) is 0.697. The van der Waals surface area contributed by atoms with Crippen molar-refractivity contribution in [2.24, 2.45) is 11.8 Å². The maximum absolute atomic E-state index is 11.7. The van der Waals surface area contributed by atoms with Gasteiger partial charge in [-0.2, -0.15) is 0 Å². The molecule has 42 heavy (non-hydrogen) atoms. The minimum atomic E-state index is -0.728. The Morgan fingerprint density at radius 1 is 0.881 bits per heavy atom. The van der Waals surface area contributed by atoms with Crippen molar-refractivity contribution in [3.8, 4) is 0 Å². The Kier molecular flexibility index (Phi) is 10.8. The highest BCUT2D eigenvalue weighted by Crippen LogP contribution is 2.58. The van der Waals surface area contributed by atoms with Gasteiger partial charge in [0.25, 0.3) is 0 Å². The van der Waals surface area contributed by atoms with E-state index in [0.29, 0.717) is 42.4 Å². The van der Waals surface area contributed by atoms with Crippen LogP contribution >= 0.6 is 0 Å². The van der Waals surface area contributed by atoms with Crippen LogP contribution in [-0.4, -0.2) is 58.5 Å². The number of rotatable bonds is 7. The Balaban J connectivity index is 0.000000177. The molecule has 234 valence electrons. The molecule has 0 aromatic rings. The van der Waals surface area contributed by atoms with Crippen LogP contribution in [0.1, 0.15) is 105 Å². The van der Waals surface area contributed by atoms with Gasteiger partial charge in [0, 0.05) is 29.6 Å². The van der Waals surface area contributed by atoms with Crippen molar-refractivity contribution in [2.45, 2.75) is 128 Å². The van der Waals surface area contributed by atoms with Crippen LogP contribution in [0.25, 0.3) is 0 Å². The molecule has 0 aromatic carbocycles. The fourth-order valence-corrected chi connectivity index (χ4v) is 7.18. The van der Waals surface area contributed by atoms with Crippen LogP contribution in [0, 0.1) is 11.8 Å². The van der Waals surface area contributed by atoms with E-state index < -0.39 is 29.2 Å². The van der Waals surface area contributed by atoms with Gasteiger partial charge < -0.3 is 24.1 Å². The lowest BCUT2D eigenvalue weighted by atomic mass is 9.52. The molecular weight excluding hydrogens is 540 g/mol. The molecule has 1 saturated heterocycles. The van der Waals surface area contributed by atoms with Crippen molar-refractivity contribution in [1.29, 1.82) is 0 Å². The van der Waals surface area contributed by atoms with Crippen molar-refractivity contribution in [2.75, 3.05) is 6.61 Å². The molecule has 0 aromatic heterocycles. The Morgan fingerprint density at radius 3 is 1.83 bits per heavy atom. The molecule has 6 rings (SSSR count). The van der Waals surface area contributed by atoms with Crippen molar-refractivity contribution < 1.29 is 43.2 Å². The molecule has 0 radical (unpaired) electrons. The van der Waals surface area contributed by atoms with Gasteiger partial charge in [-0.15, -0.1) is 0 Å². The molecule has 6 fully saturated rings. The summed E-state index contributed by atoms with van der Waals surface area (Å²) >= 11 is 0. The SMILES string of the molecule is C=C(C)C(=O)OC1(CC)CCCC1.C=C(C)C(=O)OC12CC3CC(CC(O)(C3)C1)C2.C=C(C)C(=O)OC1CCOC1=O. The molecule has 0 spiro atoms. The zero-order valence-electron chi connectivity index (χ0n) is 25.8. The quantitative estimate of drug-likeness (QED) is 0.235. The van der Waals surface area contributed by atoms with Crippen LogP contribution in [0.15, 0.2) is 36.5 Å². The van der Waals surface area contributed by atoms with Gasteiger partial charge in [0.2, 0.25) is 6.10 Å². The Labute approximate surface area is 249 Å². The van der Waals surface area contributed by atoms with Gasteiger partial charge in [-0.25, -0.2) is 19.2 Å². The monoisotopic (exact) mass is 588 g/mol. The van der Waals surface area contributed by atoms with E-state index in [1.807, 2.05) is 0 Å². The Bertz CT molecular complexity index is 1080. The van der Waals surface area contributed by atoms with Crippen LogP contribution < -0.4 is 0 Å². The predicted molar refractivity (Wildman–Crippen MR) is 156 cm³/mol. The zero-order valence-corrected chi connectivity index (χ0v) is 25.8. The summed E-state index contributed by atoms with van der Waals surface area (Å²) in [6.45, 7) is 17.9. The van der Waals surface area contributed by atoms with Gasteiger partial charge in [-0.05, 0) is 96.8 Å². The average molecular weight is 589 g/mol. The summed E-state index contributed by atoms with van der Waals surface area (Å²) in [7, 11) is 0. The summed E-state index contributed by atoms with van der Waals surface area (Å²) in [5, 5.41) is 10.5. The molecule has 3 atom stereocenters. The van der Waals surface area contributed by atoms with Crippen molar-refractivity contribution in [3.63, 3.8) is 0 Å². The summed E-state index contributed by atoms with van der Waals surface area (Å²) in [6.07, 6.45) is 10.5. The van der Waals surface area contributed by atoms with E-state index in [4.69, 9.17) is 14.2 Å². The summed E-state index contributed by atoms with van der Waals surface area (Å²) in [6, 6.07) is 0. The lowest BCUT2D eigenvalue weighted by molar-refractivity contribution is -0.217. The summed E-state index contributed by atoms with van der Waals surface area (Å²) in [4.78, 5) is 44.8. The zero-order chi connectivity index (χ0) is 31.3. The second-order valence-corrected chi connectivity index (χ2v) is 13.1. The Morgan fingerprint density at radius 2 is 1.40 bits per heavy atom. The van der Waals surface area contributed by atoms with Gasteiger partial charge in [0.15, 0.2) is 0 Å². The largest absolute Gasteiger partial charge is 0.463 e. The van der Waals surface area contributed by atoms with E-state index in [1.165, 1.54) is 26.2 Å². The molecule has 9 nitrogen and oxygen atoms in total. The second kappa shape index (κ2) is 13.6. The summed E-state index contributed by atoms with van der Waals surface area (Å²) in [5.74, 6) is -0.457. The van der Waals surface area contributed by atoms with Gasteiger partial charge in [0.1, 0.15) is 11.2 Å². The normalized spacial score (nSPS) is 31.4. The van der Waals surface area contributed by atoms with Gasteiger partial charge in [0.05, 0.1) is 12.2 Å². The summed E-state index contributed by atoms with van der Waals surface area (Å²) < 4.78 is 20.5. The predicted octanol–water partition coefficient (Wildman–Crippen LogP) is 5.44. The molecule has 1 N–H and O–H groups in total. The third-order valence-corrected chi connectivity index (χ3v) is 8.94. The van der Waals surface area contributed by atoms with Crippen LogP contribution in [-0.2, 0) is 38.1 Å². The highest BCUT2D eigenvalue weighted by atomic mass is 16.6. The smallest absolute Gasteiger partial charge is 0.347 e. The Hall–Kier alpha value is -2.94. The molecule has 0 amide bonds. The number of carbonyl (C=O) groups excluding carboxylic acids is 4. The van der Waals surface area contributed by atoms with Gasteiger partial charge >= 0.3 is 23.9 Å². The average Bonchev–Trinajstić information content (AvgIpc) is 3.52. The van der Waals surface area contributed by atoms with E-state index in [0.717, 1.165) is 44.9 Å². The molecular formula is C33H48O9. The van der Waals surface area contributed by atoms with E-state index in [1.54, 1.807) is 13.8 Å². The third kappa shape index (κ3) is 8.55. The van der Waals surface area contributed by atoms with Crippen LogP contribution in [0.5, 0.6) is 0 Å². The lowest BCUT2D eigenvalue weighted by Gasteiger charge is -2.59. The van der Waals surface area contributed by atoms with Crippen LogP contribution in [0.2, 0.25) is 0 Å². The maximum atomic E-state index is 11.7.